The van der Waals surface area contributed by atoms with E-state index in [0.717, 1.165) is 41.0 Å². The van der Waals surface area contributed by atoms with Crippen molar-refractivity contribution >= 4 is 11.7 Å². The number of fused-ring (bicyclic) bond motifs is 1. The van der Waals surface area contributed by atoms with Crippen molar-refractivity contribution < 1.29 is 9.53 Å². The number of carbonyl (C=O) groups excluding carboxylic acids is 1. The minimum absolute atomic E-state index is 0.169. The van der Waals surface area contributed by atoms with Crippen molar-refractivity contribution in [3.8, 4) is 17.1 Å². The first-order valence-corrected chi connectivity index (χ1v) is 9.29. The highest BCUT2D eigenvalue weighted by Crippen LogP contribution is 2.40. The summed E-state index contributed by atoms with van der Waals surface area (Å²) in [7, 11) is 1.64. The first-order chi connectivity index (χ1) is 13.7. The molecule has 2 aromatic heterocycles. The number of pyridine rings is 1. The lowest BCUT2D eigenvalue weighted by Gasteiger charge is -2.32. The molecule has 0 radical (unpaired) electrons. The Hall–Kier alpha value is -3.48. The minimum Gasteiger partial charge on any atom is -0.497 e. The molecule has 0 saturated heterocycles. The zero-order valence-electron chi connectivity index (χ0n) is 15.4. The fourth-order valence-corrected chi connectivity index (χ4v) is 3.87. The van der Waals surface area contributed by atoms with Crippen molar-refractivity contribution in [2.45, 2.75) is 25.3 Å². The van der Waals surface area contributed by atoms with Crippen molar-refractivity contribution in [1.82, 2.24) is 19.7 Å². The van der Waals surface area contributed by atoms with Gasteiger partial charge in [-0.2, -0.15) is 4.98 Å². The smallest absolute Gasteiger partial charge is 0.226 e. The van der Waals surface area contributed by atoms with Crippen molar-refractivity contribution in [2.75, 3.05) is 12.4 Å². The van der Waals surface area contributed by atoms with E-state index in [1.54, 1.807) is 19.5 Å². The molecule has 7 heteroatoms. The maximum absolute atomic E-state index is 12.8. The number of nitrogens with one attached hydrogen (secondary N) is 1. The van der Waals surface area contributed by atoms with Crippen LogP contribution in [-0.4, -0.2) is 32.6 Å². The number of ether oxygens (including phenoxy) is 1. The van der Waals surface area contributed by atoms with E-state index in [4.69, 9.17) is 14.8 Å². The Kier molecular flexibility index (Phi) is 3.93. The molecule has 28 heavy (non-hydrogen) atoms. The monoisotopic (exact) mass is 373 g/mol. The highest BCUT2D eigenvalue weighted by molar-refractivity contribution is 5.99. The normalized spacial score (nSPS) is 18.3. The van der Waals surface area contributed by atoms with Crippen LogP contribution in [0.15, 0.2) is 60.1 Å². The molecule has 0 saturated carbocycles. The molecule has 0 spiro atoms. The molecule has 1 unspecified atom stereocenters. The Morgan fingerprint density at radius 2 is 1.89 bits per heavy atom. The van der Waals surface area contributed by atoms with E-state index in [1.165, 1.54) is 0 Å². The van der Waals surface area contributed by atoms with Crippen LogP contribution >= 0.6 is 0 Å². The Bertz CT molecular complexity index is 1070. The maximum Gasteiger partial charge on any atom is 0.226 e. The number of benzene rings is 1. The van der Waals surface area contributed by atoms with Crippen molar-refractivity contribution in [3.63, 3.8) is 0 Å². The van der Waals surface area contributed by atoms with Crippen molar-refractivity contribution in [3.05, 3.63) is 65.6 Å². The second-order valence-electron chi connectivity index (χ2n) is 6.91. The molecule has 1 aliphatic carbocycles. The average molecular weight is 373 g/mol. The summed E-state index contributed by atoms with van der Waals surface area (Å²) in [4.78, 5) is 21.6. The van der Waals surface area contributed by atoms with Gasteiger partial charge in [0.1, 0.15) is 11.8 Å². The summed E-state index contributed by atoms with van der Waals surface area (Å²) >= 11 is 0. The molecule has 2 aliphatic rings. The molecule has 3 heterocycles. The molecule has 0 amide bonds. The van der Waals surface area contributed by atoms with E-state index >= 15 is 0 Å². The van der Waals surface area contributed by atoms with Crippen molar-refractivity contribution in [2.24, 2.45) is 0 Å². The summed E-state index contributed by atoms with van der Waals surface area (Å²) in [5.74, 6) is 2.21. The van der Waals surface area contributed by atoms with E-state index in [0.29, 0.717) is 18.2 Å². The molecule has 0 bridgehead atoms. The van der Waals surface area contributed by atoms with Crippen LogP contribution in [-0.2, 0) is 4.79 Å². The zero-order chi connectivity index (χ0) is 19.1. The number of methoxy groups -OCH3 is 1. The van der Waals surface area contributed by atoms with Crippen LogP contribution in [0.25, 0.3) is 11.4 Å². The Morgan fingerprint density at radius 3 is 2.64 bits per heavy atom. The molecule has 0 fully saturated rings. The number of allylic oxidation sites excluding steroid dienone is 2. The minimum atomic E-state index is -0.290. The summed E-state index contributed by atoms with van der Waals surface area (Å²) in [5.41, 5.74) is 3.62. The van der Waals surface area contributed by atoms with Crippen LogP contribution in [0.4, 0.5) is 5.95 Å². The van der Waals surface area contributed by atoms with Gasteiger partial charge < -0.3 is 10.1 Å². The molecule has 1 N–H and O–H groups in total. The third-order valence-electron chi connectivity index (χ3n) is 5.24. The van der Waals surface area contributed by atoms with Gasteiger partial charge in [0, 0.05) is 35.6 Å². The SMILES string of the molecule is COc1ccc(-c2nc3n(n2)C(c2ccncc2)C2=C(CCCC2=O)N3)cc1. The van der Waals surface area contributed by atoms with Gasteiger partial charge in [0.05, 0.1) is 7.11 Å². The van der Waals surface area contributed by atoms with Crippen LogP contribution < -0.4 is 10.1 Å². The van der Waals surface area contributed by atoms with Gasteiger partial charge >= 0.3 is 0 Å². The van der Waals surface area contributed by atoms with Crippen LogP contribution in [0, 0.1) is 0 Å². The van der Waals surface area contributed by atoms with Gasteiger partial charge in [-0.05, 0) is 54.8 Å². The number of Topliss-reactive ketones (excluding diaryl/α,β-unsaturated/α-hetero) is 1. The quantitative estimate of drug-likeness (QED) is 0.758. The van der Waals surface area contributed by atoms with Crippen LogP contribution in [0.5, 0.6) is 5.75 Å². The topological polar surface area (TPSA) is 81.9 Å². The number of ketones is 1. The first-order valence-electron chi connectivity index (χ1n) is 9.29. The van der Waals surface area contributed by atoms with Crippen molar-refractivity contribution in [1.29, 1.82) is 0 Å². The maximum atomic E-state index is 12.8. The molecule has 140 valence electrons. The number of hydrogen-bond acceptors (Lipinski definition) is 6. The number of anilines is 1. The summed E-state index contributed by atoms with van der Waals surface area (Å²) in [6.07, 6.45) is 5.75. The Morgan fingerprint density at radius 1 is 1.11 bits per heavy atom. The highest BCUT2D eigenvalue weighted by atomic mass is 16.5. The van der Waals surface area contributed by atoms with Crippen LogP contribution in [0.1, 0.15) is 30.9 Å². The van der Waals surface area contributed by atoms with Gasteiger partial charge in [-0.3, -0.25) is 9.78 Å². The highest BCUT2D eigenvalue weighted by Gasteiger charge is 2.36. The Balaban J connectivity index is 1.63. The van der Waals surface area contributed by atoms with Gasteiger partial charge in [-0.25, -0.2) is 4.68 Å². The largest absolute Gasteiger partial charge is 0.497 e. The summed E-state index contributed by atoms with van der Waals surface area (Å²) in [5, 5.41) is 8.10. The third kappa shape index (κ3) is 2.67. The van der Waals surface area contributed by atoms with E-state index in [9.17, 15) is 4.79 Å². The predicted octanol–water partition coefficient (Wildman–Crippen LogP) is 3.37. The van der Waals surface area contributed by atoms with Crippen LogP contribution in [0.2, 0.25) is 0 Å². The molecule has 1 aromatic carbocycles. The van der Waals surface area contributed by atoms with Gasteiger partial charge in [-0.15, -0.1) is 5.10 Å². The average Bonchev–Trinajstić information content (AvgIpc) is 3.17. The number of nitrogens with zero attached hydrogens (tertiary/aromatic N) is 4. The summed E-state index contributed by atoms with van der Waals surface area (Å²) < 4.78 is 7.05. The lowest BCUT2D eigenvalue weighted by atomic mass is 9.86. The van der Waals surface area contributed by atoms with Gasteiger partial charge in [0.2, 0.25) is 5.95 Å². The summed E-state index contributed by atoms with van der Waals surface area (Å²) in [6, 6.07) is 11.2. The fraction of sp³-hybridized carbons (Fsp3) is 0.238. The molecular formula is C21H19N5O2. The number of carbonyl (C=O) groups is 1. The Labute approximate surface area is 162 Å². The first kappa shape index (κ1) is 16.7. The molecule has 3 aromatic rings. The third-order valence-corrected chi connectivity index (χ3v) is 5.24. The lowest BCUT2D eigenvalue weighted by Crippen LogP contribution is -2.31. The van der Waals surface area contributed by atoms with E-state index in [-0.39, 0.29) is 11.8 Å². The van der Waals surface area contributed by atoms with Crippen LogP contribution in [0.3, 0.4) is 0 Å². The molecule has 1 aliphatic heterocycles. The molecule has 7 nitrogen and oxygen atoms in total. The van der Waals surface area contributed by atoms with E-state index in [1.807, 2.05) is 41.1 Å². The lowest BCUT2D eigenvalue weighted by molar-refractivity contribution is -0.116. The summed E-state index contributed by atoms with van der Waals surface area (Å²) in [6.45, 7) is 0. The van der Waals surface area contributed by atoms with E-state index < -0.39 is 0 Å². The number of hydrogen-bond donors (Lipinski definition) is 1. The molecular weight excluding hydrogens is 354 g/mol. The second kappa shape index (κ2) is 6.60. The second-order valence-corrected chi connectivity index (χ2v) is 6.91. The number of aromatic nitrogens is 4. The fourth-order valence-electron chi connectivity index (χ4n) is 3.87. The molecule has 5 rings (SSSR count). The standard InChI is InChI=1S/C21H19N5O2/c1-28-15-7-5-14(6-8-15)20-24-21-23-16-3-2-4-17(27)18(16)19(26(21)25-20)13-9-11-22-12-10-13/h5-12,19H,2-4H2,1H3,(H,23,24,25). The van der Waals surface area contributed by atoms with Gasteiger partial charge in [0.15, 0.2) is 11.6 Å². The van der Waals surface area contributed by atoms with E-state index in [2.05, 4.69) is 10.3 Å². The molecule has 1 atom stereocenters. The van der Waals surface area contributed by atoms with Gasteiger partial charge in [-0.1, -0.05) is 0 Å². The predicted molar refractivity (Wildman–Crippen MR) is 104 cm³/mol. The van der Waals surface area contributed by atoms with Gasteiger partial charge in [0.25, 0.3) is 0 Å². The number of rotatable bonds is 3. The zero-order valence-corrected chi connectivity index (χ0v) is 15.4.